The number of methoxy groups -OCH3 is 5. The first-order valence-corrected chi connectivity index (χ1v) is 18.9. The minimum atomic E-state index is -0.568. The largest absolute Gasteiger partial charge is 0.493 e. The highest BCUT2D eigenvalue weighted by atomic mass is 35.5. The smallest absolute Gasteiger partial charge is 0.411 e. The van der Waals surface area contributed by atoms with Crippen LogP contribution >= 0.6 is 24.8 Å². The lowest BCUT2D eigenvalue weighted by Gasteiger charge is -2.37. The summed E-state index contributed by atoms with van der Waals surface area (Å²) in [6, 6.07) is 14.8. The van der Waals surface area contributed by atoms with Crippen LogP contribution < -0.4 is 43.0 Å². The van der Waals surface area contributed by atoms with E-state index in [0.29, 0.717) is 72.2 Å². The maximum absolute atomic E-state index is 14.0. The fourth-order valence-electron chi connectivity index (χ4n) is 6.72. The van der Waals surface area contributed by atoms with Crippen LogP contribution in [0.5, 0.6) is 40.2 Å². The number of anilines is 1. The number of nitrogens with zero attached hydrogens (tertiary/aromatic N) is 3. The molecule has 1 heterocycles. The van der Waals surface area contributed by atoms with E-state index in [-0.39, 0.29) is 41.8 Å². The number of quaternary nitrogens is 1. The first-order valence-electron chi connectivity index (χ1n) is 18.9. The molecule has 14 nitrogen and oxygen atoms in total. The molecule has 0 atom stereocenters. The number of halogens is 2. The molecule has 1 saturated heterocycles. The Hall–Kier alpha value is -4.34. The van der Waals surface area contributed by atoms with Crippen LogP contribution in [-0.2, 0) is 9.53 Å². The Kier molecular flexibility index (Phi) is 20.9. The van der Waals surface area contributed by atoms with E-state index in [4.69, 9.17) is 37.9 Å². The van der Waals surface area contributed by atoms with Gasteiger partial charge < -0.3 is 42.8 Å². The number of amides is 2. The SMILES string of the molecule is CCCOc1ccc([N+](CCCN2CCN(CCOC(=O)Nc3cc(OC)c(OC)c(OC)c3)CC2)(C(C)=O)c2ccc(OCCC)c(OC)c2)cc1OC.Cl.Cl. The zero-order valence-corrected chi connectivity index (χ0v) is 36.2. The Labute approximate surface area is 350 Å². The third-order valence-corrected chi connectivity index (χ3v) is 9.62. The van der Waals surface area contributed by atoms with Crippen molar-refractivity contribution in [2.45, 2.75) is 40.0 Å². The van der Waals surface area contributed by atoms with E-state index in [0.717, 1.165) is 63.4 Å². The summed E-state index contributed by atoms with van der Waals surface area (Å²) in [5.74, 6) is 3.68. The zero-order valence-electron chi connectivity index (χ0n) is 34.6. The van der Waals surface area contributed by atoms with E-state index < -0.39 is 6.09 Å². The second-order valence-electron chi connectivity index (χ2n) is 13.1. The Morgan fingerprint density at radius 1 is 0.632 bits per heavy atom. The van der Waals surface area contributed by atoms with E-state index in [1.54, 1.807) is 33.3 Å². The van der Waals surface area contributed by atoms with E-state index >= 15 is 0 Å². The third-order valence-electron chi connectivity index (χ3n) is 9.62. The third kappa shape index (κ3) is 12.6. The molecular weight excluding hydrogens is 779 g/mol. The number of piperazine rings is 1. The summed E-state index contributed by atoms with van der Waals surface area (Å²) >= 11 is 0. The molecule has 0 saturated carbocycles. The molecule has 0 radical (unpaired) electrons. The van der Waals surface area contributed by atoms with Gasteiger partial charge in [0, 0.05) is 82.1 Å². The number of carbonyl (C=O) groups excluding carboxylic acids is 2. The Balaban J connectivity index is 0.00000561. The van der Waals surface area contributed by atoms with Gasteiger partial charge >= 0.3 is 12.0 Å². The standard InChI is InChI=1S/C41H58N4O10.2ClH/c1-9-23-53-34-14-12-32(28-36(34)48-4)45(30(3)46,33-13-15-35(54-24-10-2)37(29-33)49-5)22-11-16-43-17-19-44(20-18-43)21-25-55-41(47)42-31-26-38(50-6)40(52-8)39(27-31)51-7;;/h12-15,26-29H,9-11,16-25H2,1-8H3;2*1H/p+1. The van der Waals surface area contributed by atoms with E-state index in [2.05, 4.69) is 29.0 Å². The van der Waals surface area contributed by atoms with Gasteiger partial charge in [0.15, 0.2) is 34.5 Å². The minimum Gasteiger partial charge on any atom is -0.493 e. The van der Waals surface area contributed by atoms with Gasteiger partial charge in [-0.15, -0.1) is 24.8 Å². The molecule has 1 aliphatic rings. The molecule has 16 heteroatoms. The average Bonchev–Trinajstić information content (AvgIpc) is 3.20. The maximum Gasteiger partial charge on any atom is 0.411 e. The molecule has 57 heavy (non-hydrogen) atoms. The van der Waals surface area contributed by atoms with Crippen LogP contribution in [-0.4, -0.2) is 123 Å². The molecule has 0 aromatic heterocycles. The van der Waals surface area contributed by atoms with Gasteiger partial charge in [-0.05, 0) is 25.0 Å². The number of hydrogen-bond donors (Lipinski definition) is 1. The summed E-state index contributed by atoms with van der Waals surface area (Å²) in [7, 11) is 7.78. The Morgan fingerprint density at radius 3 is 1.53 bits per heavy atom. The molecule has 1 aliphatic heterocycles. The highest BCUT2D eigenvalue weighted by Crippen LogP contribution is 2.44. The van der Waals surface area contributed by atoms with Crippen molar-refractivity contribution in [3.05, 3.63) is 48.5 Å². The molecule has 4 rings (SSSR count). The van der Waals surface area contributed by atoms with Crippen molar-refractivity contribution in [3.63, 3.8) is 0 Å². The zero-order chi connectivity index (χ0) is 39.8. The molecule has 0 bridgehead atoms. The van der Waals surface area contributed by atoms with Crippen molar-refractivity contribution in [1.29, 1.82) is 0 Å². The topological polar surface area (TPSA) is 126 Å². The summed E-state index contributed by atoms with van der Waals surface area (Å²) < 4.78 is 44.9. The van der Waals surface area contributed by atoms with Gasteiger partial charge in [-0.1, -0.05) is 13.8 Å². The van der Waals surface area contributed by atoms with Crippen molar-refractivity contribution in [2.24, 2.45) is 0 Å². The molecule has 1 N–H and O–H groups in total. The molecule has 318 valence electrons. The van der Waals surface area contributed by atoms with Crippen molar-refractivity contribution in [2.75, 3.05) is 106 Å². The molecule has 0 spiro atoms. The van der Waals surface area contributed by atoms with Crippen LogP contribution in [0.3, 0.4) is 0 Å². The molecule has 3 aromatic carbocycles. The van der Waals surface area contributed by atoms with Crippen LogP contribution in [0.25, 0.3) is 0 Å². The van der Waals surface area contributed by atoms with Crippen LogP contribution in [0, 0.1) is 0 Å². The average molecular weight is 841 g/mol. The molecule has 1 fully saturated rings. The fraction of sp³-hybridized carbons (Fsp3) is 0.512. The van der Waals surface area contributed by atoms with Gasteiger partial charge in [-0.25, -0.2) is 9.59 Å². The second-order valence-corrected chi connectivity index (χ2v) is 13.1. The van der Waals surface area contributed by atoms with E-state index in [9.17, 15) is 9.59 Å². The number of benzene rings is 3. The number of carbonyl (C=O) groups is 2. The van der Waals surface area contributed by atoms with Crippen molar-refractivity contribution >= 4 is 53.9 Å². The molecule has 0 unspecified atom stereocenters. The minimum absolute atomic E-state index is 0. The van der Waals surface area contributed by atoms with Gasteiger partial charge in [0.25, 0.3) is 0 Å². The van der Waals surface area contributed by atoms with Crippen LogP contribution in [0.2, 0.25) is 0 Å². The number of rotatable bonds is 21. The van der Waals surface area contributed by atoms with Crippen LogP contribution in [0.1, 0.15) is 40.0 Å². The predicted molar refractivity (Wildman–Crippen MR) is 228 cm³/mol. The van der Waals surface area contributed by atoms with Gasteiger partial charge in [-0.2, -0.15) is 4.48 Å². The van der Waals surface area contributed by atoms with Gasteiger partial charge in [0.1, 0.15) is 18.0 Å². The summed E-state index contributed by atoms with van der Waals surface area (Å²) in [5.41, 5.74) is 2.02. The van der Waals surface area contributed by atoms with E-state index in [1.807, 2.05) is 36.4 Å². The van der Waals surface area contributed by atoms with Gasteiger partial charge in [0.05, 0.1) is 67.9 Å². The highest BCUT2D eigenvalue weighted by Gasteiger charge is 2.40. The fourth-order valence-corrected chi connectivity index (χ4v) is 6.72. The quantitative estimate of drug-likeness (QED) is 0.106. The maximum atomic E-state index is 14.0. The summed E-state index contributed by atoms with van der Waals surface area (Å²) in [6.45, 7) is 12.4. The Bertz CT molecular complexity index is 1620. The van der Waals surface area contributed by atoms with Gasteiger partial charge in [-0.3, -0.25) is 10.2 Å². The first-order chi connectivity index (χ1) is 26.7. The Morgan fingerprint density at radius 2 is 1.11 bits per heavy atom. The van der Waals surface area contributed by atoms with Crippen molar-refractivity contribution in [3.8, 4) is 40.2 Å². The molecule has 0 aliphatic carbocycles. The number of hydrogen-bond acceptors (Lipinski definition) is 12. The number of nitrogens with one attached hydrogen (secondary N) is 1. The summed E-state index contributed by atoms with van der Waals surface area (Å²) in [4.78, 5) is 31.3. The lowest BCUT2D eigenvalue weighted by atomic mass is 10.1. The molecule has 2 amide bonds. The van der Waals surface area contributed by atoms with Crippen LogP contribution in [0.4, 0.5) is 21.9 Å². The second kappa shape index (κ2) is 24.4. The number of ether oxygens (including phenoxy) is 8. The lowest BCUT2D eigenvalue weighted by Crippen LogP contribution is -2.51. The van der Waals surface area contributed by atoms with Crippen molar-refractivity contribution in [1.82, 2.24) is 14.3 Å². The highest BCUT2D eigenvalue weighted by molar-refractivity contribution is 5.94. The lowest BCUT2D eigenvalue weighted by molar-refractivity contribution is -0.125. The molecular formula is C41H61Cl2N4O10+. The van der Waals surface area contributed by atoms with Gasteiger partial charge in [0.2, 0.25) is 5.75 Å². The summed E-state index contributed by atoms with van der Waals surface area (Å²) in [5, 5.41) is 2.73. The first kappa shape index (κ1) is 48.8. The summed E-state index contributed by atoms with van der Waals surface area (Å²) in [6.07, 6.45) is 1.90. The van der Waals surface area contributed by atoms with Crippen molar-refractivity contribution < 1.29 is 47.5 Å². The van der Waals surface area contributed by atoms with Crippen LogP contribution in [0.15, 0.2) is 48.5 Å². The normalized spacial score (nSPS) is 13.0. The molecule has 3 aromatic rings. The van der Waals surface area contributed by atoms with E-state index in [1.165, 1.54) is 21.3 Å². The predicted octanol–water partition coefficient (Wildman–Crippen LogP) is 7.59. The monoisotopic (exact) mass is 839 g/mol.